The van der Waals surface area contributed by atoms with E-state index in [1.807, 2.05) is 0 Å². The first-order valence-corrected chi connectivity index (χ1v) is 2.73. The lowest BCUT2D eigenvalue weighted by molar-refractivity contribution is -0.127. The lowest BCUT2D eigenvalue weighted by Crippen LogP contribution is -2.40. The van der Waals surface area contributed by atoms with Crippen molar-refractivity contribution in [2.75, 3.05) is 6.61 Å². The highest BCUT2D eigenvalue weighted by Gasteiger charge is 2.22. The Morgan fingerprint density at radius 3 is 2.00 bits per heavy atom. The van der Waals surface area contributed by atoms with Crippen LogP contribution in [-0.4, -0.2) is 57.1 Å². The fraction of sp³-hybridized carbons (Fsp3) is 0.800. The van der Waals surface area contributed by atoms with Gasteiger partial charge in [-0.3, -0.25) is 0 Å². The molecule has 0 saturated carbocycles. The molecular weight excluding hydrogens is 156 g/mol. The Morgan fingerprint density at radius 2 is 1.73 bits per heavy atom. The topological polar surface area (TPSA) is 129 Å². The Balaban J connectivity index is 0. The zero-order chi connectivity index (χ0) is 8.15. The van der Waals surface area contributed by atoms with Gasteiger partial charge in [0.1, 0.15) is 18.3 Å². The van der Waals surface area contributed by atoms with Crippen LogP contribution >= 0.6 is 0 Å². The first kappa shape index (κ1) is 13.1. The van der Waals surface area contributed by atoms with Crippen LogP contribution in [-0.2, 0) is 4.79 Å². The smallest absolute Gasteiger partial charge is 0.151 e. The maximum atomic E-state index is 9.76. The van der Waals surface area contributed by atoms with E-state index in [0.29, 0.717) is 0 Å². The summed E-state index contributed by atoms with van der Waals surface area (Å²) in [7, 11) is 0. The third kappa shape index (κ3) is 4.02. The minimum absolute atomic E-state index is 0. The summed E-state index contributed by atoms with van der Waals surface area (Å²) in [6.45, 7) is -0.688. The van der Waals surface area contributed by atoms with E-state index in [9.17, 15) is 4.79 Å². The predicted octanol–water partition coefficient (Wildman–Crippen LogP) is -3.56. The largest absolute Gasteiger partial charge is 0.412 e. The fourth-order valence-corrected chi connectivity index (χ4v) is 0.416. The lowest BCUT2D eigenvalue weighted by atomic mass is 10.1. The molecule has 0 aliphatic carbocycles. The SMILES string of the molecule is O.O=C[C@H](O)[C@@H](O)[C@H](O)CO. The molecule has 0 saturated heterocycles. The quantitative estimate of drug-likeness (QED) is 0.323. The van der Waals surface area contributed by atoms with Crippen LogP contribution in [0.15, 0.2) is 0 Å². The van der Waals surface area contributed by atoms with Gasteiger partial charge in [0.25, 0.3) is 0 Å². The van der Waals surface area contributed by atoms with E-state index in [4.69, 9.17) is 20.4 Å². The standard InChI is InChI=1S/C5H10O5.H2O/c6-1-3(8)5(10)4(9)2-7;/h1,3-5,7-10H,2H2;1H2/t3-,4+,5+;/m0./s1. The maximum absolute atomic E-state index is 9.76. The molecule has 0 heterocycles. The van der Waals surface area contributed by atoms with Crippen molar-refractivity contribution >= 4 is 6.29 Å². The van der Waals surface area contributed by atoms with Crippen molar-refractivity contribution in [1.82, 2.24) is 0 Å². The van der Waals surface area contributed by atoms with Crippen LogP contribution in [0.1, 0.15) is 0 Å². The number of aliphatic hydroxyl groups is 4. The molecule has 11 heavy (non-hydrogen) atoms. The van der Waals surface area contributed by atoms with Gasteiger partial charge in [-0.2, -0.15) is 0 Å². The average molecular weight is 168 g/mol. The summed E-state index contributed by atoms with van der Waals surface area (Å²) in [6.07, 6.45) is -4.63. The van der Waals surface area contributed by atoms with Crippen LogP contribution in [0, 0.1) is 0 Å². The Hall–Kier alpha value is -0.530. The van der Waals surface area contributed by atoms with Gasteiger partial charge in [-0.25, -0.2) is 0 Å². The van der Waals surface area contributed by atoms with Gasteiger partial charge in [0.05, 0.1) is 6.61 Å². The summed E-state index contributed by atoms with van der Waals surface area (Å²) in [4.78, 5) is 9.76. The van der Waals surface area contributed by atoms with Crippen LogP contribution in [0.4, 0.5) is 0 Å². The van der Waals surface area contributed by atoms with Crippen LogP contribution in [0.5, 0.6) is 0 Å². The molecule has 0 unspecified atom stereocenters. The van der Waals surface area contributed by atoms with Gasteiger partial charge in [0.15, 0.2) is 6.29 Å². The molecule has 68 valence electrons. The first-order valence-electron chi connectivity index (χ1n) is 2.73. The van der Waals surface area contributed by atoms with Crippen molar-refractivity contribution in [3.8, 4) is 0 Å². The van der Waals surface area contributed by atoms with E-state index in [1.165, 1.54) is 0 Å². The van der Waals surface area contributed by atoms with Gasteiger partial charge in [-0.1, -0.05) is 0 Å². The number of hydrogen-bond acceptors (Lipinski definition) is 5. The van der Waals surface area contributed by atoms with Gasteiger partial charge in [0.2, 0.25) is 0 Å². The number of aldehydes is 1. The van der Waals surface area contributed by atoms with Gasteiger partial charge in [0, 0.05) is 0 Å². The highest BCUT2D eigenvalue weighted by atomic mass is 16.4. The van der Waals surface area contributed by atoms with Gasteiger partial charge in [-0.05, 0) is 0 Å². The number of rotatable bonds is 4. The van der Waals surface area contributed by atoms with Crippen LogP contribution in [0.2, 0.25) is 0 Å². The predicted molar refractivity (Wildman–Crippen MR) is 34.8 cm³/mol. The van der Waals surface area contributed by atoms with E-state index in [1.54, 1.807) is 0 Å². The Kier molecular flexibility index (Phi) is 7.37. The normalized spacial score (nSPS) is 17.8. The zero-order valence-corrected chi connectivity index (χ0v) is 5.71. The molecule has 6 nitrogen and oxygen atoms in total. The van der Waals surface area contributed by atoms with Gasteiger partial charge >= 0.3 is 0 Å². The maximum Gasteiger partial charge on any atom is 0.151 e. The zero-order valence-electron chi connectivity index (χ0n) is 5.71. The summed E-state index contributed by atoms with van der Waals surface area (Å²) in [5.41, 5.74) is 0. The van der Waals surface area contributed by atoms with E-state index in [-0.39, 0.29) is 11.8 Å². The molecule has 3 atom stereocenters. The molecule has 0 aromatic heterocycles. The highest BCUT2D eigenvalue weighted by molar-refractivity contribution is 5.56. The Morgan fingerprint density at radius 1 is 1.27 bits per heavy atom. The molecule has 0 rings (SSSR count). The number of carbonyl (C=O) groups is 1. The van der Waals surface area contributed by atoms with Gasteiger partial charge < -0.3 is 30.7 Å². The second-order valence-corrected chi connectivity index (χ2v) is 1.87. The van der Waals surface area contributed by atoms with Crippen LogP contribution in [0.3, 0.4) is 0 Å². The van der Waals surface area contributed by atoms with Crippen molar-refractivity contribution in [1.29, 1.82) is 0 Å². The molecule has 0 aliphatic heterocycles. The summed E-state index contributed by atoms with van der Waals surface area (Å²) in [5, 5.41) is 34.1. The molecule has 0 aromatic rings. The monoisotopic (exact) mass is 168 g/mol. The van der Waals surface area contributed by atoms with Crippen molar-refractivity contribution in [2.24, 2.45) is 0 Å². The molecule has 6 N–H and O–H groups in total. The van der Waals surface area contributed by atoms with E-state index in [2.05, 4.69) is 0 Å². The highest BCUT2D eigenvalue weighted by Crippen LogP contribution is 1.96. The summed E-state index contributed by atoms with van der Waals surface area (Å²) >= 11 is 0. The summed E-state index contributed by atoms with van der Waals surface area (Å²) in [5.74, 6) is 0. The Labute approximate surface area is 63.0 Å². The van der Waals surface area contributed by atoms with Crippen LogP contribution < -0.4 is 0 Å². The molecule has 6 heteroatoms. The molecule has 0 amide bonds. The molecular formula is C5H12O6. The summed E-state index contributed by atoms with van der Waals surface area (Å²) in [6, 6.07) is 0. The number of hydrogen-bond donors (Lipinski definition) is 4. The van der Waals surface area contributed by atoms with Crippen molar-refractivity contribution < 1.29 is 30.7 Å². The minimum Gasteiger partial charge on any atom is -0.412 e. The molecule has 0 radical (unpaired) electrons. The van der Waals surface area contributed by atoms with Crippen molar-refractivity contribution in [3.05, 3.63) is 0 Å². The first-order chi connectivity index (χ1) is 4.63. The molecule has 0 bridgehead atoms. The third-order valence-electron chi connectivity index (χ3n) is 1.07. The summed E-state index contributed by atoms with van der Waals surface area (Å²) < 4.78 is 0. The molecule has 0 fully saturated rings. The van der Waals surface area contributed by atoms with E-state index in [0.717, 1.165) is 0 Å². The fourth-order valence-electron chi connectivity index (χ4n) is 0.416. The van der Waals surface area contributed by atoms with Gasteiger partial charge in [-0.15, -0.1) is 0 Å². The Bertz CT molecular complexity index is 105. The second-order valence-electron chi connectivity index (χ2n) is 1.87. The van der Waals surface area contributed by atoms with E-state index >= 15 is 0 Å². The number of aliphatic hydroxyl groups excluding tert-OH is 4. The van der Waals surface area contributed by atoms with Crippen molar-refractivity contribution in [3.63, 3.8) is 0 Å². The number of carbonyl (C=O) groups excluding carboxylic acids is 1. The molecule has 0 spiro atoms. The van der Waals surface area contributed by atoms with Crippen molar-refractivity contribution in [2.45, 2.75) is 18.3 Å². The second kappa shape index (κ2) is 6.20. The third-order valence-corrected chi connectivity index (χ3v) is 1.07. The lowest BCUT2D eigenvalue weighted by Gasteiger charge is -2.16. The average Bonchev–Trinajstić information content (AvgIpc) is 2.00. The van der Waals surface area contributed by atoms with Crippen LogP contribution in [0.25, 0.3) is 0 Å². The van der Waals surface area contributed by atoms with E-state index < -0.39 is 24.9 Å². The molecule has 0 aromatic carbocycles. The molecule has 0 aliphatic rings. The minimum atomic E-state index is -1.64.